The molecule has 1 aliphatic heterocycles. The molecule has 0 N–H and O–H groups in total. The molecule has 7 heteroatoms. The third-order valence-electron chi connectivity index (χ3n) is 5.50. The number of rotatable bonds is 7. The van der Waals surface area contributed by atoms with Gasteiger partial charge in [-0.1, -0.05) is 36.4 Å². The summed E-state index contributed by atoms with van der Waals surface area (Å²) in [6.07, 6.45) is 4.59. The van der Waals surface area contributed by atoms with Crippen LogP contribution in [0.15, 0.2) is 60.9 Å². The quantitative estimate of drug-likeness (QED) is 0.567. The molecule has 1 aromatic heterocycles. The van der Waals surface area contributed by atoms with Crippen LogP contribution in [0.4, 0.5) is 5.69 Å². The monoisotopic (exact) mass is 403 g/mol. The van der Waals surface area contributed by atoms with Crippen LogP contribution in [0.25, 0.3) is 11.1 Å². The van der Waals surface area contributed by atoms with Gasteiger partial charge >= 0.3 is 0 Å². The molecule has 0 bridgehead atoms. The lowest BCUT2D eigenvalue weighted by molar-refractivity contribution is -0.145. The Morgan fingerprint density at radius 1 is 1.07 bits per heavy atom. The molecule has 0 fully saturated rings. The average Bonchev–Trinajstić information content (AvgIpc) is 3.39. The standard InChI is InChI=1S/C23H25N5O2/c1-25-14-21(13-24-25)18-7-9-22(10-8-18)27(11-12-29)17-23(30)26(2)28-15-19-5-3-4-6-20(19)16-28/h3-10,12-14H,11,15-17H2,1-2H3. The molecule has 0 atom stereocenters. The lowest BCUT2D eigenvalue weighted by Gasteiger charge is -2.30. The summed E-state index contributed by atoms with van der Waals surface area (Å²) in [5, 5.41) is 7.89. The SMILES string of the molecule is CN(C(=O)CN(CC=O)c1ccc(-c2cnn(C)c2)cc1)N1Cc2ccccc2C1. The van der Waals surface area contributed by atoms with E-state index in [1.165, 1.54) is 11.1 Å². The zero-order valence-electron chi connectivity index (χ0n) is 17.2. The first-order valence-corrected chi connectivity index (χ1v) is 9.91. The summed E-state index contributed by atoms with van der Waals surface area (Å²) in [4.78, 5) is 26.0. The topological polar surface area (TPSA) is 61.7 Å². The second-order valence-corrected chi connectivity index (χ2v) is 7.51. The van der Waals surface area contributed by atoms with E-state index in [1.54, 1.807) is 21.6 Å². The van der Waals surface area contributed by atoms with E-state index >= 15 is 0 Å². The highest BCUT2D eigenvalue weighted by atomic mass is 16.2. The number of likely N-dealkylation sites (N-methyl/N-ethyl adjacent to an activating group) is 1. The normalized spacial score (nSPS) is 13.1. The number of carbonyl (C=O) groups is 2. The lowest BCUT2D eigenvalue weighted by Crippen LogP contribution is -2.46. The molecule has 1 aliphatic rings. The number of amides is 1. The lowest BCUT2D eigenvalue weighted by atomic mass is 10.1. The van der Waals surface area contributed by atoms with Crippen molar-refractivity contribution in [2.75, 3.05) is 25.0 Å². The van der Waals surface area contributed by atoms with Gasteiger partial charge in [-0.25, -0.2) is 5.01 Å². The summed E-state index contributed by atoms with van der Waals surface area (Å²) in [6, 6.07) is 16.1. The number of anilines is 1. The Morgan fingerprint density at radius 3 is 2.30 bits per heavy atom. The molecule has 0 aliphatic carbocycles. The summed E-state index contributed by atoms with van der Waals surface area (Å²) in [5.74, 6) is -0.0546. The molecule has 0 saturated heterocycles. The zero-order chi connectivity index (χ0) is 21.1. The first kappa shape index (κ1) is 19.8. The fraction of sp³-hybridized carbons (Fsp3) is 0.261. The summed E-state index contributed by atoms with van der Waals surface area (Å²) in [7, 11) is 3.67. The first-order valence-electron chi connectivity index (χ1n) is 9.91. The van der Waals surface area contributed by atoms with Crippen LogP contribution < -0.4 is 4.90 Å². The molecule has 1 amide bonds. The molecular formula is C23H25N5O2. The molecule has 3 aromatic rings. The Kier molecular flexibility index (Phi) is 5.63. The maximum atomic E-state index is 12.9. The molecule has 0 spiro atoms. The van der Waals surface area contributed by atoms with Gasteiger partial charge in [0.2, 0.25) is 0 Å². The van der Waals surface area contributed by atoms with Crippen molar-refractivity contribution in [2.24, 2.45) is 7.05 Å². The van der Waals surface area contributed by atoms with Crippen LogP contribution in [-0.4, -0.2) is 52.1 Å². The Morgan fingerprint density at radius 2 is 1.73 bits per heavy atom. The number of aromatic nitrogens is 2. The Bertz CT molecular complexity index is 1020. The first-order chi connectivity index (χ1) is 14.5. The summed E-state index contributed by atoms with van der Waals surface area (Å²) < 4.78 is 1.76. The van der Waals surface area contributed by atoms with Gasteiger partial charge in [-0.15, -0.1) is 0 Å². The largest absolute Gasteiger partial charge is 0.355 e. The third kappa shape index (κ3) is 4.11. The number of aldehydes is 1. The molecule has 2 heterocycles. The van der Waals surface area contributed by atoms with Gasteiger partial charge in [-0.3, -0.25) is 14.5 Å². The number of hydrogen-bond donors (Lipinski definition) is 0. The molecule has 30 heavy (non-hydrogen) atoms. The number of aryl methyl sites for hydroxylation is 1. The summed E-state index contributed by atoms with van der Waals surface area (Å²) in [5.41, 5.74) is 5.38. The highest BCUT2D eigenvalue weighted by molar-refractivity contribution is 5.82. The fourth-order valence-electron chi connectivity index (χ4n) is 3.74. The molecule has 0 saturated carbocycles. The second-order valence-electron chi connectivity index (χ2n) is 7.51. The number of carbonyl (C=O) groups excluding carboxylic acids is 2. The van der Waals surface area contributed by atoms with E-state index in [2.05, 4.69) is 17.2 Å². The predicted molar refractivity (Wildman–Crippen MR) is 115 cm³/mol. The maximum absolute atomic E-state index is 12.9. The highest BCUT2D eigenvalue weighted by Crippen LogP contribution is 2.25. The average molecular weight is 403 g/mol. The van der Waals surface area contributed by atoms with E-state index in [-0.39, 0.29) is 19.0 Å². The van der Waals surface area contributed by atoms with Crippen LogP contribution in [0, 0.1) is 0 Å². The maximum Gasteiger partial charge on any atom is 0.256 e. The van der Waals surface area contributed by atoms with Crippen LogP contribution >= 0.6 is 0 Å². The third-order valence-corrected chi connectivity index (χ3v) is 5.50. The van der Waals surface area contributed by atoms with E-state index in [0.717, 1.165) is 23.1 Å². The molecule has 4 rings (SSSR count). The van der Waals surface area contributed by atoms with E-state index in [4.69, 9.17) is 0 Å². The minimum Gasteiger partial charge on any atom is -0.355 e. The van der Waals surface area contributed by atoms with Crippen molar-refractivity contribution >= 4 is 17.9 Å². The summed E-state index contributed by atoms with van der Waals surface area (Å²) in [6.45, 7) is 1.72. The van der Waals surface area contributed by atoms with Gasteiger partial charge in [0, 0.05) is 44.6 Å². The summed E-state index contributed by atoms with van der Waals surface area (Å²) >= 11 is 0. The second kappa shape index (κ2) is 8.51. The van der Waals surface area contributed by atoms with Crippen LogP contribution in [-0.2, 0) is 29.7 Å². The Labute approximate surface area is 176 Å². The van der Waals surface area contributed by atoms with Gasteiger partial charge in [-0.2, -0.15) is 5.10 Å². The molecule has 154 valence electrons. The van der Waals surface area contributed by atoms with Gasteiger partial charge in [0.25, 0.3) is 5.91 Å². The highest BCUT2D eigenvalue weighted by Gasteiger charge is 2.25. The number of hydrogen-bond acceptors (Lipinski definition) is 5. The van der Waals surface area contributed by atoms with Crippen molar-refractivity contribution in [3.63, 3.8) is 0 Å². The predicted octanol–water partition coefficient (Wildman–Crippen LogP) is 2.48. The van der Waals surface area contributed by atoms with Crippen LogP contribution in [0.2, 0.25) is 0 Å². The van der Waals surface area contributed by atoms with Crippen LogP contribution in [0.5, 0.6) is 0 Å². The van der Waals surface area contributed by atoms with E-state index in [0.29, 0.717) is 13.1 Å². The van der Waals surface area contributed by atoms with Gasteiger partial charge in [-0.05, 0) is 28.8 Å². The van der Waals surface area contributed by atoms with E-state index < -0.39 is 0 Å². The zero-order valence-corrected chi connectivity index (χ0v) is 17.2. The molecule has 0 radical (unpaired) electrons. The van der Waals surface area contributed by atoms with Gasteiger partial charge in [0.05, 0.1) is 19.3 Å². The van der Waals surface area contributed by atoms with Crippen molar-refractivity contribution in [2.45, 2.75) is 13.1 Å². The number of nitrogens with zero attached hydrogens (tertiary/aromatic N) is 5. The molecule has 2 aromatic carbocycles. The fourth-order valence-corrected chi connectivity index (χ4v) is 3.74. The van der Waals surface area contributed by atoms with Crippen molar-refractivity contribution in [1.82, 2.24) is 19.8 Å². The Balaban J connectivity index is 1.44. The Hall–Kier alpha value is -3.45. The van der Waals surface area contributed by atoms with Gasteiger partial charge in [0.1, 0.15) is 6.29 Å². The van der Waals surface area contributed by atoms with Gasteiger partial charge in [0.15, 0.2) is 0 Å². The van der Waals surface area contributed by atoms with Crippen molar-refractivity contribution in [3.05, 3.63) is 72.1 Å². The van der Waals surface area contributed by atoms with Crippen LogP contribution in [0.1, 0.15) is 11.1 Å². The molecular weight excluding hydrogens is 378 g/mol. The minimum atomic E-state index is -0.0546. The number of hydrazine groups is 1. The number of fused-ring (bicyclic) bond motifs is 1. The van der Waals surface area contributed by atoms with E-state index in [1.807, 2.05) is 60.8 Å². The van der Waals surface area contributed by atoms with E-state index in [9.17, 15) is 9.59 Å². The minimum absolute atomic E-state index is 0.0546. The van der Waals surface area contributed by atoms with Gasteiger partial charge < -0.3 is 9.69 Å². The number of benzene rings is 2. The smallest absolute Gasteiger partial charge is 0.256 e. The molecule has 0 unspecified atom stereocenters. The van der Waals surface area contributed by atoms with Crippen molar-refractivity contribution in [3.8, 4) is 11.1 Å². The molecule has 7 nitrogen and oxygen atoms in total. The van der Waals surface area contributed by atoms with Crippen LogP contribution in [0.3, 0.4) is 0 Å². The van der Waals surface area contributed by atoms with Crippen molar-refractivity contribution < 1.29 is 9.59 Å². The van der Waals surface area contributed by atoms with Crippen molar-refractivity contribution in [1.29, 1.82) is 0 Å².